The fourth-order valence-corrected chi connectivity index (χ4v) is 3.34. The molecule has 2 aromatic rings. The summed E-state index contributed by atoms with van der Waals surface area (Å²) in [5.41, 5.74) is 0.914. The fourth-order valence-electron chi connectivity index (χ4n) is 2.59. The van der Waals surface area contributed by atoms with Crippen LogP contribution in [0.1, 0.15) is 24.0 Å². The molecule has 0 saturated heterocycles. The van der Waals surface area contributed by atoms with Crippen molar-refractivity contribution < 1.29 is 18.7 Å². The molecule has 1 amide bonds. The highest BCUT2D eigenvalue weighted by Gasteiger charge is 2.10. The van der Waals surface area contributed by atoms with E-state index in [9.17, 15) is 9.59 Å². The van der Waals surface area contributed by atoms with Crippen LogP contribution < -0.4 is 5.32 Å². The molecule has 33 heavy (non-hydrogen) atoms. The minimum atomic E-state index is -0.578. The summed E-state index contributed by atoms with van der Waals surface area (Å²) in [7, 11) is 5.69. The van der Waals surface area contributed by atoms with E-state index in [4.69, 9.17) is 9.15 Å². The molecule has 1 aromatic carbocycles. The second-order valence-corrected chi connectivity index (χ2v) is 8.48. The van der Waals surface area contributed by atoms with Crippen LogP contribution in [0, 0.1) is 0 Å². The van der Waals surface area contributed by atoms with Gasteiger partial charge in [0.2, 0.25) is 5.96 Å². The first-order valence-electron chi connectivity index (χ1n) is 10.4. The Labute approximate surface area is 198 Å². The number of amides is 1. The van der Waals surface area contributed by atoms with Crippen molar-refractivity contribution in [3.05, 3.63) is 59.5 Å². The molecule has 0 atom stereocenters. The Kier molecular flexibility index (Phi) is 11.2. The van der Waals surface area contributed by atoms with Gasteiger partial charge >= 0.3 is 5.97 Å². The van der Waals surface area contributed by atoms with Crippen LogP contribution >= 0.6 is 11.8 Å². The van der Waals surface area contributed by atoms with E-state index >= 15 is 0 Å². The summed E-state index contributed by atoms with van der Waals surface area (Å²) in [5, 5.41) is 8.96. The molecule has 1 aromatic heterocycles. The summed E-state index contributed by atoms with van der Waals surface area (Å²) in [6.45, 7) is 2.15. The third-order valence-electron chi connectivity index (χ3n) is 4.08. The molecule has 0 bridgehead atoms. The zero-order chi connectivity index (χ0) is 24.1. The summed E-state index contributed by atoms with van der Waals surface area (Å²) in [5.74, 6) is 2.52. The molecule has 2 rings (SSSR count). The maximum Gasteiger partial charge on any atom is 0.303 e. The van der Waals surface area contributed by atoms with Crippen molar-refractivity contribution >= 4 is 35.8 Å². The van der Waals surface area contributed by atoms with E-state index in [2.05, 4.69) is 20.3 Å². The SMILES string of the molecule is CC(=O)OCC(=O)N=C(NCCSCc1ccc(CN(C)C)o1)N(C)N=Cc1ccccc1. The van der Waals surface area contributed by atoms with Gasteiger partial charge in [-0.3, -0.25) is 9.59 Å². The van der Waals surface area contributed by atoms with Gasteiger partial charge in [0, 0.05) is 26.3 Å². The predicted molar refractivity (Wildman–Crippen MR) is 131 cm³/mol. The monoisotopic (exact) mass is 473 g/mol. The molecule has 0 aliphatic rings. The molecule has 0 aliphatic carbocycles. The minimum Gasteiger partial charge on any atom is -0.464 e. The molecule has 0 aliphatic heterocycles. The third kappa shape index (κ3) is 10.8. The highest BCUT2D eigenvalue weighted by molar-refractivity contribution is 7.98. The molecule has 0 radical (unpaired) electrons. The highest BCUT2D eigenvalue weighted by atomic mass is 32.2. The standard InChI is InChI=1S/C23H31N5O4S/c1-18(29)31-16-22(30)26-23(28(4)25-14-19-8-6-5-7-9-19)24-12-13-33-17-21-11-10-20(32-21)15-27(2)3/h5-11,14H,12-13,15-17H2,1-4H3,(H,24,26,30). The summed E-state index contributed by atoms with van der Waals surface area (Å²) in [6.07, 6.45) is 1.67. The lowest BCUT2D eigenvalue weighted by atomic mass is 10.2. The van der Waals surface area contributed by atoms with Gasteiger partial charge in [-0.1, -0.05) is 30.3 Å². The van der Waals surface area contributed by atoms with Crippen molar-refractivity contribution in [2.45, 2.75) is 19.2 Å². The maximum atomic E-state index is 12.1. The van der Waals surface area contributed by atoms with E-state index in [1.165, 1.54) is 11.9 Å². The van der Waals surface area contributed by atoms with Crippen LogP contribution in [0.15, 0.2) is 57.0 Å². The smallest absolute Gasteiger partial charge is 0.303 e. The lowest BCUT2D eigenvalue weighted by Crippen LogP contribution is -2.38. The van der Waals surface area contributed by atoms with Crippen LogP contribution in [0.2, 0.25) is 0 Å². The van der Waals surface area contributed by atoms with Crippen LogP contribution in [-0.2, 0) is 26.6 Å². The molecule has 178 valence electrons. The van der Waals surface area contributed by atoms with Crippen molar-refractivity contribution in [3.8, 4) is 0 Å². The number of hydrogen-bond acceptors (Lipinski definition) is 7. The number of benzene rings is 1. The molecule has 1 heterocycles. The zero-order valence-electron chi connectivity index (χ0n) is 19.5. The number of ether oxygens (including phenoxy) is 1. The Balaban J connectivity index is 1.89. The number of furan rings is 1. The number of thioether (sulfide) groups is 1. The molecule has 9 nitrogen and oxygen atoms in total. The van der Waals surface area contributed by atoms with E-state index in [1.54, 1.807) is 25.0 Å². The molecule has 0 unspecified atom stereocenters. The Morgan fingerprint density at radius 3 is 2.55 bits per heavy atom. The number of aliphatic imine (C=N–C) groups is 1. The average Bonchev–Trinajstić information content (AvgIpc) is 3.22. The average molecular weight is 474 g/mol. The van der Waals surface area contributed by atoms with Crippen LogP contribution in [0.5, 0.6) is 0 Å². The summed E-state index contributed by atoms with van der Waals surface area (Å²) in [4.78, 5) is 29.1. The second kappa shape index (κ2) is 14.1. The maximum absolute atomic E-state index is 12.1. The molecule has 0 spiro atoms. The van der Waals surface area contributed by atoms with Gasteiger partial charge in [0.25, 0.3) is 5.91 Å². The van der Waals surface area contributed by atoms with E-state index in [0.717, 1.165) is 35.1 Å². The number of hydrogen-bond donors (Lipinski definition) is 1. The fraction of sp³-hybridized carbons (Fsp3) is 0.391. The number of nitrogens with zero attached hydrogens (tertiary/aromatic N) is 4. The lowest BCUT2D eigenvalue weighted by molar-refractivity contribution is -0.145. The van der Waals surface area contributed by atoms with Gasteiger partial charge in [-0.2, -0.15) is 21.9 Å². The predicted octanol–water partition coefficient (Wildman–Crippen LogP) is 2.58. The van der Waals surface area contributed by atoms with Gasteiger partial charge < -0.3 is 19.4 Å². The van der Waals surface area contributed by atoms with E-state index in [-0.39, 0.29) is 5.96 Å². The van der Waals surface area contributed by atoms with Gasteiger partial charge in [-0.25, -0.2) is 5.01 Å². The van der Waals surface area contributed by atoms with Crippen molar-refractivity contribution in [2.75, 3.05) is 40.0 Å². The third-order valence-corrected chi connectivity index (χ3v) is 5.06. The molecular weight excluding hydrogens is 442 g/mol. The Morgan fingerprint density at radius 2 is 1.85 bits per heavy atom. The molecular formula is C23H31N5O4S. The normalized spacial score (nSPS) is 11.7. The largest absolute Gasteiger partial charge is 0.464 e. The highest BCUT2D eigenvalue weighted by Crippen LogP contribution is 2.16. The van der Waals surface area contributed by atoms with E-state index in [1.807, 2.05) is 56.6 Å². The van der Waals surface area contributed by atoms with Crippen LogP contribution in [-0.4, -0.2) is 74.0 Å². The molecule has 0 saturated carbocycles. The van der Waals surface area contributed by atoms with Crippen LogP contribution in [0.3, 0.4) is 0 Å². The van der Waals surface area contributed by atoms with Crippen LogP contribution in [0.4, 0.5) is 0 Å². The Morgan fingerprint density at radius 1 is 1.12 bits per heavy atom. The number of rotatable bonds is 11. The zero-order valence-corrected chi connectivity index (χ0v) is 20.3. The summed E-state index contributed by atoms with van der Waals surface area (Å²) >= 11 is 1.70. The van der Waals surface area contributed by atoms with Gasteiger partial charge in [0.05, 0.1) is 18.5 Å². The van der Waals surface area contributed by atoms with Gasteiger partial charge in [0.15, 0.2) is 6.61 Å². The quantitative estimate of drug-likeness (QED) is 0.175. The van der Waals surface area contributed by atoms with Crippen molar-refractivity contribution in [3.63, 3.8) is 0 Å². The first kappa shape index (κ1) is 26.1. The topological polar surface area (TPSA) is 99.7 Å². The number of carbonyl (C=O) groups excluding carboxylic acids is 2. The Bertz CT molecular complexity index is 943. The van der Waals surface area contributed by atoms with Gasteiger partial charge in [0.1, 0.15) is 11.5 Å². The second-order valence-electron chi connectivity index (χ2n) is 7.37. The van der Waals surface area contributed by atoms with Crippen molar-refractivity contribution in [2.24, 2.45) is 10.1 Å². The van der Waals surface area contributed by atoms with Gasteiger partial charge in [-0.05, 0) is 31.8 Å². The summed E-state index contributed by atoms with van der Waals surface area (Å²) in [6, 6.07) is 13.6. The number of guanidine groups is 1. The first-order chi connectivity index (χ1) is 15.8. The number of nitrogens with one attached hydrogen (secondary N) is 1. The molecule has 10 heteroatoms. The van der Waals surface area contributed by atoms with Crippen LogP contribution in [0.25, 0.3) is 0 Å². The minimum absolute atomic E-state index is 0.270. The van der Waals surface area contributed by atoms with Crippen molar-refractivity contribution in [1.82, 2.24) is 15.2 Å². The molecule has 0 fully saturated rings. The van der Waals surface area contributed by atoms with E-state index in [0.29, 0.717) is 6.54 Å². The number of esters is 1. The Hall–Kier alpha value is -3.11. The molecule has 1 N–H and O–H groups in total. The lowest BCUT2D eigenvalue weighted by Gasteiger charge is -2.17. The summed E-state index contributed by atoms with van der Waals surface area (Å²) < 4.78 is 10.5. The van der Waals surface area contributed by atoms with Gasteiger partial charge in [-0.15, -0.1) is 0 Å². The first-order valence-corrected chi connectivity index (χ1v) is 11.6. The van der Waals surface area contributed by atoms with E-state index < -0.39 is 18.5 Å². The van der Waals surface area contributed by atoms with Crippen molar-refractivity contribution in [1.29, 1.82) is 0 Å². The number of hydrazone groups is 1. The number of carbonyl (C=O) groups is 2.